The van der Waals surface area contributed by atoms with Gasteiger partial charge >= 0.3 is 5.97 Å². The van der Waals surface area contributed by atoms with Crippen molar-refractivity contribution in [1.29, 1.82) is 0 Å². The van der Waals surface area contributed by atoms with Gasteiger partial charge in [0.1, 0.15) is 0 Å². The number of ether oxygens (including phenoxy) is 1. The van der Waals surface area contributed by atoms with Gasteiger partial charge in [-0.05, 0) is 31.7 Å². The highest BCUT2D eigenvalue weighted by molar-refractivity contribution is 5.76. The topological polar surface area (TPSA) is 58.6 Å². The average molecular weight is 199 g/mol. The Morgan fingerprint density at radius 1 is 1.57 bits per heavy atom. The lowest BCUT2D eigenvalue weighted by atomic mass is 9.72. The Bertz CT molecular complexity index is 217. The van der Waals surface area contributed by atoms with Crippen LogP contribution in [0.5, 0.6) is 0 Å². The first-order valence-electron chi connectivity index (χ1n) is 5.27. The Morgan fingerprint density at radius 2 is 2.43 bits per heavy atom. The molecule has 4 heteroatoms. The van der Waals surface area contributed by atoms with Crippen molar-refractivity contribution in [3.8, 4) is 0 Å². The molecule has 80 valence electrons. The Morgan fingerprint density at radius 3 is 2.93 bits per heavy atom. The lowest BCUT2D eigenvalue weighted by Gasteiger charge is -2.35. The van der Waals surface area contributed by atoms with Crippen LogP contribution in [0.2, 0.25) is 0 Å². The van der Waals surface area contributed by atoms with Gasteiger partial charge in [0.2, 0.25) is 0 Å². The number of nitrogens with one attached hydrogen (secondary N) is 1. The number of rotatable bonds is 2. The van der Waals surface area contributed by atoms with E-state index in [4.69, 9.17) is 4.74 Å². The zero-order chi connectivity index (χ0) is 10.0. The summed E-state index contributed by atoms with van der Waals surface area (Å²) >= 11 is 0. The van der Waals surface area contributed by atoms with E-state index in [1.807, 2.05) is 0 Å². The van der Waals surface area contributed by atoms with Gasteiger partial charge in [-0.15, -0.1) is 0 Å². The minimum absolute atomic E-state index is 0.198. The summed E-state index contributed by atoms with van der Waals surface area (Å²) in [4.78, 5) is 11.3. The van der Waals surface area contributed by atoms with Gasteiger partial charge in [0.25, 0.3) is 0 Å². The standard InChI is InChI=1S/C10H17NO3/c12-9(13)10(3-4-11-7-10)8-2-1-5-14-6-8/h8,11H,1-7H2,(H,12,13). The monoisotopic (exact) mass is 199 g/mol. The highest BCUT2D eigenvalue weighted by Crippen LogP contribution is 2.39. The van der Waals surface area contributed by atoms with E-state index in [0.29, 0.717) is 13.2 Å². The zero-order valence-corrected chi connectivity index (χ0v) is 8.29. The number of aliphatic carboxylic acids is 1. The van der Waals surface area contributed by atoms with Gasteiger partial charge in [0.05, 0.1) is 12.0 Å². The van der Waals surface area contributed by atoms with Crippen LogP contribution in [0.1, 0.15) is 19.3 Å². The highest BCUT2D eigenvalue weighted by Gasteiger charge is 2.48. The summed E-state index contributed by atoms with van der Waals surface area (Å²) in [7, 11) is 0. The van der Waals surface area contributed by atoms with Crippen molar-refractivity contribution in [3.05, 3.63) is 0 Å². The molecule has 0 aromatic carbocycles. The molecule has 0 aliphatic carbocycles. The molecule has 2 atom stereocenters. The highest BCUT2D eigenvalue weighted by atomic mass is 16.5. The molecule has 0 spiro atoms. The number of hydrogen-bond acceptors (Lipinski definition) is 3. The quantitative estimate of drug-likeness (QED) is 0.679. The third-order valence-electron chi connectivity index (χ3n) is 3.56. The minimum Gasteiger partial charge on any atom is -0.481 e. The SMILES string of the molecule is O=C(O)C1(C2CCCOC2)CCNC1. The fraction of sp³-hybridized carbons (Fsp3) is 0.900. The maximum absolute atomic E-state index is 11.3. The van der Waals surface area contributed by atoms with E-state index in [0.717, 1.165) is 32.4 Å². The minimum atomic E-state index is -0.655. The molecule has 2 rings (SSSR count). The van der Waals surface area contributed by atoms with Gasteiger partial charge in [-0.2, -0.15) is 0 Å². The van der Waals surface area contributed by atoms with Crippen molar-refractivity contribution in [2.24, 2.45) is 11.3 Å². The largest absolute Gasteiger partial charge is 0.481 e. The molecule has 2 aliphatic rings. The molecule has 2 heterocycles. The van der Waals surface area contributed by atoms with E-state index in [2.05, 4.69) is 5.32 Å². The maximum atomic E-state index is 11.3. The Balaban J connectivity index is 2.12. The van der Waals surface area contributed by atoms with Gasteiger partial charge < -0.3 is 15.2 Å². The molecule has 2 unspecified atom stereocenters. The fourth-order valence-corrected chi connectivity index (χ4v) is 2.59. The first kappa shape index (κ1) is 9.93. The fourth-order valence-electron chi connectivity index (χ4n) is 2.59. The Kier molecular flexibility index (Phi) is 2.74. The van der Waals surface area contributed by atoms with Gasteiger partial charge in [-0.3, -0.25) is 4.79 Å². The molecule has 0 aromatic rings. The van der Waals surface area contributed by atoms with Crippen molar-refractivity contribution in [2.45, 2.75) is 19.3 Å². The normalized spacial score (nSPS) is 38.4. The smallest absolute Gasteiger partial charge is 0.311 e. The summed E-state index contributed by atoms with van der Waals surface area (Å²) < 4.78 is 5.38. The predicted molar refractivity (Wildman–Crippen MR) is 51.1 cm³/mol. The van der Waals surface area contributed by atoms with Crippen molar-refractivity contribution in [1.82, 2.24) is 5.32 Å². The summed E-state index contributed by atoms with van der Waals surface area (Å²) in [5.74, 6) is -0.457. The van der Waals surface area contributed by atoms with Crippen LogP contribution in [0, 0.1) is 11.3 Å². The first-order chi connectivity index (χ1) is 6.76. The molecule has 0 aromatic heterocycles. The lowest BCUT2D eigenvalue weighted by molar-refractivity contribution is -0.154. The number of carbonyl (C=O) groups is 1. The van der Waals surface area contributed by atoms with E-state index < -0.39 is 11.4 Å². The van der Waals surface area contributed by atoms with Crippen LogP contribution >= 0.6 is 0 Å². The van der Waals surface area contributed by atoms with Crippen LogP contribution < -0.4 is 5.32 Å². The second-order valence-electron chi connectivity index (χ2n) is 4.30. The Labute approximate surface area is 83.6 Å². The summed E-state index contributed by atoms with van der Waals surface area (Å²) in [6.45, 7) is 2.84. The molecule has 14 heavy (non-hydrogen) atoms. The van der Waals surface area contributed by atoms with Crippen LogP contribution in [0.15, 0.2) is 0 Å². The van der Waals surface area contributed by atoms with E-state index in [-0.39, 0.29) is 5.92 Å². The third-order valence-corrected chi connectivity index (χ3v) is 3.56. The molecular formula is C10H17NO3. The average Bonchev–Trinajstić information content (AvgIpc) is 2.69. The van der Waals surface area contributed by atoms with Crippen molar-refractivity contribution in [2.75, 3.05) is 26.3 Å². The second kappa shape index (κ2) is 3.87. The molecule has 2 saturated heterocycles. The maximum Gasteiger partial charge on any atom is 0.311 e. The number of hydrogen-bond donors (Lipinski definition) is 2. The molecule has 0 radical (unpaired) electrons. The van der Waals surface area contributed by atoms with Crippen molar-refractivity contribution in [3.63, 3.8) is 0 Å². The van der Waals surface area contributed by atoms with Gasteiger partial charge in [0.15, 0.2) is 0 Å². The molecule has 2 aliphatic heterocycles. The second-order valence-corrected chi connectivity index (χ2v) is 4.30. The lowest BCUT2D eigenvalue weighted by Crippen LogP contribution is -2.44. The van der Waals surface area contributed by atoms with Gasteiger partial charge in [0, 0.05) is 13.2 Å². The predicted octanol–water partition coefficient (Wildman–Crippen LogP) is 0.477. The molecule has 2 N–H and O–H groups in total. The summed E-state index contributed by atoms with van der Waals surface area (Å²) in [5.41, 5.74) is -0.555. The third kappa shape index (κ3) is 1.53. The first-order valence-corrected chi connectivity index (χ1v) is 5.27. The van der Waals surface area contributed by atoms with E-state index in [1.165, 1.54) is 0 Å². The van der Waals surface area contributed by atoms with E-state index >= 15 is 0 Å². The summed E-state index contributed by atoms with van der Waals surface area (Å²) in [6.07, 6.45) is 2.74. The molecule has 0 saturated carbocycles. The molecule has 0 bridgehead atoms. The Hall–Kier alpha value is -0.610. The van der Waals surface area contributed by atoms with Crippen LogP contribution in [0.3, 0.4) is 0 Å². The molecule has 0 amide bonds. The molecular weight excluding hydrogens is 182 g/mol. The molecule has 4 nitrogen and oxygen atoms in total. The van der Waals surface area contributed by atoms with E-state index in [9.17, 15) is 9.90 Å². The summed E-state index contributed by atoms with van der Waals surface area (Å²) in [5, 5.41) is 12.5. The van der Waals surface area contributed by atoms with Crippen LogP contribution in [0.4, 0.5) is 0 Å². The molecule has 2 fully saturated rings. The number of carboxylic acids is 1. The van der Waals surface area contributed by atoms with Crippen LogP contribution in [-0.2, 0) is 9.53 Å². The van der Waals surface area contributed by atoms with Crippen LogP contribution in [0.25, 0.3) is 0 Å². The number of carboxylic acid groups (broad SMARTS) is 1. The van der Waals surface area contributed by atoms with E-state index in [1.54, 1.807) is 0 Å². The van der Waals surface area contributed by atoms with Crippen molar-refractivity contribution >= 4 is 5.97 Å². The van der Waals surface area contributed by atoms with Crippen LogP contribution in [-0.4, -0.2) is 37.4 Å². The van der Waals surface area contributed by atoms with Crippen molar-refractivity contribution < 1.29 is 14.6 Å². The summed E-state index contributed by atoms with van der Waals surface area (Å²) in [6, 6.07) is 0. The van der Waals surface area contributed by atoms with Gasteiger partial charge in [-0.25, -0.2) is 0 Å². The van der Waals surface area contributed by atoms with Gasteiger partial charge in [-0.1, -0.05) is 0 Å². The zero-order valence-electron chi connectivity index (χ0n) is 8.29.